The molecule has 0 N–H and O–H groups in total. The number of hydrogen-bond acceptors (Lipinski definition) is 6. The molecule has 1 fully saturated rings. The maximum atomic E-state index is 12.9. The van der Waals surface area contributed by atoms with Gasteiger partial charge in [0.25, 0.3) is 5.91 Å². The van der Waals surface area contributed by atoms with E-state index in [-0.39, 0.29) is 5.91 Å². The minimum atomic E-state index is -0.111. The summed E-state index contributed by atoms with van der Waals surface area (Å²) in [4.78, 5) is 23.4. The van der Waals surface area contributed by atoms with Gasteiger partial charge in [0.05, 0.1) is 24.0 Å². The van der Waals surface area contributed by atoms with Crippen molar-refractivity contribution in [3.8, 4) is 0 Å². The summed E-state index contributed by atoms with van der Waals surface area (Å²) in [5.74, 6) is 1.52. The fourth-order valence-corrected chi connectivity index (χ4v) is 3.02. The topological polar surface area (TPSA) is 89.4 Å². The van der Waals surface area contributed by atoms with Gasteiger partial charge in [-0.1, -0.05) is 11.6 Å². The van der Waals surface area contributed by atoms with E-state index in [9.17, 15) is 4.79 Å². The molecule has 0 aliphatic heterocycles. The van der Waals surface area contributed by atoms with Crippen LogP contribution in [0.25, 0.3) is 5.65 Å². The molecular formula is C17H20N6O2. The van der Waals surface area contributed by atoms with Crippen molar-refractivity contribution in [1.82, 2.24) is 29.6 Å². The first-order valence-corrected chi connectivity index (χ1v) is 8.58. The molecule has 8 heteroatoms. The third-order valence-electron chi connectivity index (χ3n) is 4.83. The average molecular weight is 340 g/mol. The first-order chi connectivity index (χ1) is 12.2. The van der Waals surface area contributed by atoms with Gasteiger partial charge in [0.2, 0.25) is 5.89 Å². The van der Waals surface area contributed by atoms with Crippen molar-refractivity contribution in [2.75, 3.05) is 6.54 Å². The van der Waals surface area contributed by atoms with E-state index < -0.39 is 0 Å². The van der Waals surface area contributed by atoms with E-state index in [1.165, 1.54) is 6.42 Å². The van der Waals surface area contributed by atoms with Crippen LogP contribution in [0.1, 0.15) is 59.9 Å². The van der Waals surface area contributed by atoms with Gasteiger partial charge in [-0.3, -0.25) is 4.79 Å². The predicted octanol–water partition coefficient (Wildman–Crippen LogP) is 2.35. The highest BCUT2D eigenvalue weighted by Gasteiger charge is 2.26. The molecule has 25 heavy (non-hydrogen) atoms. The summed E-state index contributed by atoms with van der Waals surface area (Å²) < 4.78 is 7.02. The molecule has 8 nitrogen and oxygen atoms in total. The lowest BCUT2D eigenvalue weighted by Gasteiger charge is -2.21. The van der Waals surface area contributed by atoms with Crippen molar-refractivity contribution < 1.29 is 9.32 Å². The quantitative estimate of drug-likeness (QED) is 0.708. The third-order valence-corrected chi connectivity index (χ3v) is 4.83. The van der Waals surface area contributed by atoms with Crippen LogP contribution in [-0.2, 0) is 6.54 Å². The molecular weight excluding hydrogens is 320 g/mol. The molecule has 0 bridgehead atoms. The highest BCUT2D eigenvalue weighted by atomic mass is 16.5. The molecule has 0 atom stereocenters. The minimum Gasteiger partial charge on any atom is -0.339 e. The van der Waals surface area contributed by atoms with Crippen LogP contribution in [-0.4, -0.2) is 42.1 Å². The molecule has 1 amide bonds. The van der Waals surface area contributed by atoms with Crippen molar-refractivity contribution in [3.63, 3.8) is 0 Å². The Morgan fingerprint density at radius 3 is 3.00 bits per heavy atom. The second-order valence-electron chi connectivity index (χ2n) is 6.35. The number of aryl methyl sites for hydroxylation is 1. The van der Waals surface area contributed by atoms with Crippen molar-refractivity contribution in [3.05, 3.63) is 41.4 Å². The molecule has 3 heterocycles. The number of nitrogens with zero attached hydrogens (tertiary/aromatic N) is 6. The van der Waals surface area contributed by atoms with E-state index in [0.717, 1.165) is 24.2 Å². The largest absolute Gasteiger partial charge is 0.339 e. The number of carbonyl (C=O) groups excluding carboxylic acids is 1. The molecule has 0 aromatic carbocycles. The van der Waals surface area contributed by atoms with Gasteiger partial charge in [-0.15, -0.1) is 0 Å². The van der Waals surface area contributed by atoms with Crippen molar-refractivity contribution in [1.29, 1.82) is 0 Å². The fourth-order valence-electron chi connectivity index (χ4n) is 3.02. The van der Waals surface area contributed by atoms with Crippen LogP contribution < -0.4 is 0 Å². The van der Waals surface area contributed by atoms with Crippen LogP contribution >= 0.6 is 0 Å². The van der Waals surface area contributed by atoms with Gasteiger partial charge < -0.3 is 9.42 Å². The Hall–Kier alpha value is -2.77. The minimum absolute atomic E-state index is 0.111. The van der Waals surface area contributed by atoms with Crippen LogP contribution in [0, 0.1) is 6.92 Å². The number of rotatable bonds is 5. The second-order valence-corrected chi connectivity index (χ2v) is 6.35. The van der Waals surface area contributed by atoms with Gasteiger partial charge in [-0.2, -0.15) is 10.1 Å². The standard InChI is InChI=1S/C17H20N6O2/c1-3-22(10-14-20-16(25-21-14)12-5-4-6-12)17(24)13-9-18-15-7-8-19-23(15)11(13)2/h7-9,12H,3-6,10H2,1-2H3. The third kappa shape index (κ3) is 2.77. The van der Waals surface area contributed by atoms with E-state index >= 15 is 0 Å². The maximum absolute atomic E-state index is 12.9. The van der Waals surface area contributed by atoms with E-state index in [2.05, 4.69) is 20.2 Å². The number of fused-ring (bicyclic) bond motifs is 1. The van der Waals surface area contributed by atoms with E-state index in [1.807, 2.05) is 13.8 Å². The molecule has 0 spiro atoms. The van der Waals surface area contributed by atoms with E-state index in [0.29, 0.717) is 36.3 Å². The van der Waals surface area contributed by atoms with Gasteiger partial charge in [-0.25, -0.2) is 9.50 Å². The van der Waals surface area contributed by atoms with E-state index in [1.54, 1.807) is 27.9 Å². The average Bonchev–Trinajstić information content (AvgIpc) is 3.20. The molecule has 1 aliphatic rings. The van der Waals surface area contributed by atoms with Gasteiger partial charge >= 0.3 is 0 Å². The lowest BCUT2D eigenvalue weighted by Crippen LogP contribution is -2.32. The summed E-state index contributed by atoms with van der Waals surface area (Å²) in [6.45, 7) is 4.66. The fraction of sp³-hybridized carbons (Fsp3) is 0.471. The molecule has 0 unspecified atom stereocenters. The zero-order valence-electron chi connectivity index (χ0n) is 14.3. The van der Waals surface area contributed by atoms with Gasteiger partial charge in [0.15, 0.2) is 11.5 Å². The Morgan fingerprint density at radius 2 is 2.28 bits per heavy atom. The van der Waals surface area contributed by atoms with Crippen molar-refractivity contribution in [2.24, 2.45) is 0 Å². The molecule has 130 valence electrons. The zero-order chi connectivity index (χ0) is 17.4. The number of amides is 1. The van der Waals surface area contributed by atoms with Crippen LogP contribution in [0.4, 0.5) is 0 Å². The SMILES string of the molecule is CCN(Cc1noc(C2CCC2)n1)C(=O)c1cnc2ccnn2c1C. The molecule has 4 rings (SSSR count). The highest BCUT2D eigenvalue weighted by Crippen LogP contribution is 2.35. The predicted molar refractivity (Wildman–Crippen MR) is 89.0 cm³/mol. The lowest BCUT2D eigenvalue weighted by atomic mass is 9.85. The lowest BCUT2D eigenvalue weighted by molar-refractivity contribution is 0.0745. The van der Waals surface area contributed by atoms with Crippen LogP contribution in [0.15, 0.2) is 23.0 Å². The second kappa shape index (κ2) is 6.27. The number of hydrogen-bond donors (Lipinski definition) is 0. The number of carbonyl (C=O) groups is 1. The summed E-state index contributed by atoms with van der Waals surface area (Å²) in [5, 5.41) is 8.25. The Labute approximate surface area is 144 Å². The first-order valence-electron chi connectivity index (χ1n) is 8.58. The van der Waals surface area contributed by atoms with Crippen molar-refractivity contribution >= 4 is 11.6 Å². The monoisotopic (exact) mass is 340 g/mol. The number of aromatic nitrogens is 5. The maximum Gasteiger partial charge on any atom is 0.257 e. The molecule has 1 saturated carbocycles. The van der Waals surface area contributed by atoms with Gasteiger partial charge in [-0.05, 0) is 26.7 Å². The molecule has 0 saturated heterocycles. The summed E-state index contributed by atoms with van der Waals surface area (Å²) in [7, 11) is 0. The summed E-state index contributed by atoms with van der Waals surface area (Å²) in [6.07, 6.45) is 6.69. The summed E-state index contributed by atoms with van der Waals surface area (Å²) >= 11 is 0. The Bertz CT molecular complexity index is 911. The molecule has 1 aliphatic carbocycles. The smallest absolute Gasteiger partial charge is 0.257 e. The first kappa shape index (κ1) is 15.7. The van der Waals surface area contributed by atoms with Gasteiger partial charge in [0, 0.05) is 24.7 Å². The Kier molecular flexibility index (Phi) is 3.95. The summed E-state index contributed by atoms with van der Waals surface area (Å²) in [6, 6.07) is 1.81. The van der Waals surface area contributed by atoms with E-state index in [4.69, 9.17) is 4.52 Å². The highest BCUT2D eigenvalue weighted by molar-refractivity contribution is 5.95. The summed E-state index contributed by atoms with van der Waals surface area (Å²) in [5.41, 5.74) is 2.02. The molecule has 3 aromatic rings. The zero-order valence-corrected chi connectivity index (χ0v) is 14.3. The Morgan fingerprint density at radius 1 is 1.44 bits per heavy atom. The Balaban J connectivity index is 1.55. The van der Waals surface area contributed by atoms with Crippen molar-refractivity contribution in [2.45, 2.75) is 45.6 Å². The van der Waals surface area contributed by atoms with Crippen LogP contribution in [0.3, 0.4) is 0 Å². The van der Waals surface area contributed by atoms with Crippen LogP contribution in [0.5, 0.6) is 0 Å². The normalized spacial score (nSPS) is 14.6. The van der Waals surface area contributed by atoms with Gasteiger partial charge in [0.1, 0.15) is 0 Å². The van der Waals surface area contributed by atoms with Crippen LogP contribution in [0.2, 0.25) is 0 Å². The molecule has 3 aromatic heterocycles. The molecule has 0 radical (unpaired) electrons.